The maximum atomic E-state index is 11.7. The molecule has 0 saturated carbocycles. The van der Waals surface area contributed by atoms with Crippen LogP contribution in [0, 0.1) is 0 Å². The van der Waals surface area contributed by atoms with Crippen molar-refractivity contribution in [1.82, 2.24) is 4.98 Å². The van der Waals surface area contributed by atoms with E-state index in [-0.39, 0.29) is 0 Å². The number of nitrogens with zero attached hydrogens (tertiary/aromatic N) is 1. The zero-order valence-electron chi connectivity index (χ0n) is 8.59. The molecule has 0 radical (unpaired) electrons. The van der Waals surface area contributed by atoms with Crippen LogP contribution in [-0.2, 0) is 6.18 Å². The zero-order chi connectivity index (χ0) is 11.7. The van der Waals surface area contributed by atoms with Crippen molar-refractivity contribution >= 4 is 0 Å². The van der Waals surface area contributed by atoms with Crippen molar-refractivity contribution in [2.75, 3.05) is 6.54 Å². The van der Waals surface area contributed by atoms with Gasteiger partial charge in [0.1, 0.15) is 0 Å². The molecular formula is C10H15F3N2. The van der Waals surface area contributed by atoms with Crippen molar-refractivity contribution in [3.05, 3.63) is 30.1 Å². The van der Waals surface area contributed by atoms with Gasteiger partial charge in [0.15, 0.2) is 0 Å². The van der Waals surface area contributed by atoms with E-state index in [9.17, 15) is 13.2 Å². The zero-order valence-corrected chi connectivity index (χ0v) is 8.59. The van der Waals surface area contributed by atoms with Crippen molar-refractivity contribution in [1.29, 1.82) is 0 Å². The maximum absolute atomic E-state index is 11.7. The lowest BCUT2D eigenvalue weighted by Gasteiger charge is -2.03. The highest BCUT2D eigenvalue weighted by Crippen LogP contribution is 2.27. The average Bonchev–Trinajstić information content (AvgIpc) is 2.20. The van der Waals surface area contributed by atoms with Crippen LogP contribution in [-0.4, -0.2) is 11.5 Å². The normalized spacial score (nSPS) is 10.5. The Hall–Kier alpha value is -1.10. The third kappa shape index (κ3) is 6.90. The second-order valence-electron chi connectivity index (χ2n) is 2.88. The highest BCUT2D eigenvalue weighted by atomic mass is 19.4. The van der Waals surface area contributed by atoms with Crippen LogP contribution in [0.15, 0.2) is 24.5 Å². The summed E-state index contributed by atoms with van der Waals surface area (Å²) >= 11 is 0. The van der Waals surface area contributed by atoms with Crippen LogP contribution in [0.5, 0.6) is 0 Å². The molecule has 0 aliphatic heterocycles. The fourth-order valence-corrected chi connectivity index (χ4v) is 0.735. The van der Waals surface area contributed by atoms with Gasteiger partial charge >= 0.3 is 6.18 Å². The monoisotopic (exact) mass is 220 g/mol. The summed E-state index contributed by atoms with van der Waals surface area (Å²) in [6.07, 6.45) is 0.208. The molecule has 0 atom stereocenters. The van der Waals surface area contributed by atoms with E-state index in [1.54, 1.807) is 0 Å². The summed E-state index contributed by atoms with van der Waals surface area (Å²) < 4.78 is 35.2. The molecule has 0 saturated heterocycles. The smallest absolute Gasteiger partial charge is 0.330 e. The molecule has 1 heterocycles. The summed E-state index contributed by atoms with van der Waals surface area (Å²) in [6, 6.07) is 2.23. The first-order valence-corrected chi connectivity index (χ1v) is 4.69. The quantitative estimate of drug-likeness (QED) is 0.832. The van der Waals surface area contributed by atoms with E-state index in [0.29, 0.717) is 0 Å². The van der Waals surface area contributed by atoms with E-state index in [4.69, 9.17) is 5.73 Å². The molecule has 0 aliphatic carbocycles. The highest BCUT2D eigenvalue weighted by Gasteiger charge is 2.30. The number of hydrogen-bond acceptors (Lipinski definition) is 2. The standard InChI is InChI=1S/C6H4F3N.C4H11N/c7-6(8,9)5-2-1-3-10-4-5;1-2-3-4-5/h1-4H;2-5H2,1H3. The van der Waals surface area contributed by atoms with Crippen LogP contribution in [0.3, 0.4) is 0 Å². The molecule has 0 spiro atoms. The van der Waals surface area contributed by atoms with Gasteiger partial charge < -0.3 is 5.73 Å². The number of unbranched alkanes of at least 4 members (excludes halogenated alkanes) is 1. The van der Waals surface area contributed by atoms with Crippen molar-refractivity contribution in [2.45, 2.75) is 25.9 Å². The second kappa shape index (κ2) is 7.23. The summed E-state index contributed by atoms with van der Waals surface area (Å²) in [5, 5.41) is 0. The molecule has 86 valence electrons. The molecule has 0 amide bonds. The van der Waals surface area contributed by atoms with Crippen molar-refractivity contribution in [3.8, 4) is 0 Å². The van der Waals surface area contributed by atoms with Crippen LogP contribution >= 0.6 is 0 Å². The predicted molar refractivity (Wildman–Crippen MR) is 53.2 cm³/mol. The summed E-state index contributed by atoms with van der Waals surface area (Å²) in [4.78, 5) is 3.33. The lowest BCUT2D eigenvalue weighted by atomic mass is 10.3. The topological polar surface area (TPSA) is 38.9 Å². The number of rotatable bonds is 2. The Morgan fingerprint density at radius 3 is 2.27 bits per heavy atom. The highest BCUT2D eigenvalue weighted by molar-refractivity contribution is 5.11. The molecule has 0 unspecified atom stereocenters. The van der Waals surface area contributed by atoms with Gasteiger partial charge in [-0.15, -0.1) is 0 Å². The Morgan fingerprint density at radius 1 is 1.40 bits per heavy atom. The molecular weight excluding hydrogens is 205 g/mol. The van der Waals surface area contributed by atoms with Crippen LogP contribution < -0.4 is 5.73 Å². The molecule has 5 heteroatoms. The van der Waals surface area contributed by atoms with Gasteiger partial charge in [-0.2, -0.15) is 13.2 Å². The largest absolute Gasteiger partial charge is 0.417 e. The third-order valence-corrected chi connectivity index (χ3v) is 1.55. The first-order valence-electron chi connectivity index (χ1n) is 4.69. The first-order chi connectivity index (χ1) is 7.02. The Kier molecular flexibility index (Phi) is 6.70. The lowest BCUT2D eigenvalue weighted by Crippen LogP contribution is -2.04. The van der Waals surface area contributed by atoms with Crippen molar-refractivity contribution in [3.63, 3.8) is 0 Å². The van der Waals surface area contributed by atoms with Crippen LogP contribution in [0.4, 0.5) is 13.2 Å². The Labute approximate surface area is 87.3 Å². The number of aromatic nitrogens is 1. The van der Waals surface area contributed by atoms with E-state index in [1.807, 2.05) is 0 Å². The van der Waals surface area contributed by atoms with Crippen molar-refractivity contribution in [2.24, 2.45) is 5.73 Å². The first kappa shape index (κ1) is 13.9. The Balaban J connectivity index is 0.000000336. The van der Waals surface area contributed by atoms with E-state index in [0.717, 1.165) is 18.8 Å². The molecule has 1 rings (SSSR count). The molecule has 0 aromatic carbocycles. The van der Waals surface area contributed by atoms with E-state index in [1.165, 1.54) is 25.1 Å². The lowest BCUT2D eigenvalue weighted by molar-refractivity contribution is -0.137. The maximum Gasteiger partial charge on any atom is 0.417 e. The van der Waals surface area contributed by atoms with Crippen LogP contribution in [0.25, 0.3) is 0 Å². The summed E-state index contributed by atoms with van der Waals surface area (Å²) in [5.41, 5.74) is 4.43. The van der Waals surface area contributed by atoms with Gasteiger partial charge in [0.25, 0.3) is 0 Å². The Morgan fingerprint density at radius 2 is 2.07 bits per heavy atom. The van der Waals surface area contributed by atoms with Gasteiger partial charge in [0, 0.05) is 12.4 Å². The minimum atomic E-state index is -4.27. The third-order valence-electron chi connectivity index (χ3n) is 1.55. The van der Waals surface area contributed by atoms with E-state index in [2.05, 4.69) is 11.9 Å². The molecule has 0 fully saturated rings. The fraction of sp³-hybridized carbons (Fsp3) is 0.500. The van der Waals surface area contributed by atoms with Gasteiger partial charge in [-0.3, -0.25) is 4.98 Å². The number of halogens is 3. The van der Waals surface area contributed by atoms with Gasteiger partial charge in [0.2, 0.25) is 0 Å². The molecule has 2 nitrogen and oxygen atoms in total. The second-order valence-corrected chi connectivity index (χ2v) is 2.88. The summed E-state index contributed by atoms with van der Waals surface area (Å²) in [5.74, 6) is 0. The number of alkyl halides is 3. The molecule has 1 aromatic heterocycles. The average molecular weight is 220 g/mol. The predicted octanol–water partition coefficient (Wildman–Crippen LogP) is 2.85. The van der Waals surface area contributed by atoms with Crippen molar-refractivity contribution < 1.29 is 13.2 Å². The molecule has 2 N–H and O–H groups in total. The summed E-state index contributed by atoms with van der Waals surface area (Å²) in [6.45, 7) is 2.98. The SMILES string of the molecule is CCCCN.FC(F)(F)c1cccnc1. The molecule has 15 heavy (non-hydrogen) atoms. The van der Waals surface area contributed by atoms with Gasteiger partial charge in [-0.05, 0) is 25.1 Å². The molecule has 0 bridgehead atoms. The minimum Gasteiger partial charge on any atom is -0.330 e. The minimum absolute atomic E-state index is 0.713. The van der Waals surface area contributed by atoms with Crippen LogP contribution in [0.2, 0.25) is 0 Å². The van der Waals surface area contributed by atoms with Gasteiger partial charge in [-0.25, -0.2) is 0 Å². The van der Waals surface area contributed by atoms with E-state index < -0.39 is 11.7 Å². The number of nitrogens with two attached hydrogens (primary N) is 1. The van der Waals surface area contributed by atoms with Gasteiger partial charge in [0.05, 0.1) is 5.56 Å². The van der Waals surface area contributed by atoms with E-state index >= 15 is 0 Å². The van der Waals surface area contributed by atoms with Gasteiger partial charge in [-0.1, -0.05) is 13.3 Å². The number of pyridine rings is 1. The fourth-order valence-electron chi connectivity index (χ4n) is 0.735. The molecule has 0 aliphatic rings. The number of hydrogen-bond donors (Lipinski definition) is 1. The molecule has 1 aromatic rings. The van der Waals surface area contributed by atoms with Crippen LogP contribution in [0.1, 0.15) is 25.3 Å². The Bertz CT molecular complexity index is 245. The summed E-state index contributed by atoms with van der Waals surface area (Å²) in [7, 11) is 0.